The van der Waals surface area contributed by atoms with Gasteiger partial charge in [-0.2, -0.15) is 0 Å². The van der Waals surface area contributed by atoms with Gasteiger partial charge < -0.3 is 19.9 Å². The molecule has 1 aliphatic heterocycles. The third-order valence-corrected chi connectivity index (χ3v) is 5.23. The van der Waals surface area contributed by atoms with Gasteiger partial charge >= 0.3 is 5.97 Å². The number of nitrogens with zero attached hydrogens (tertiary/aromatic N) is 1. The van der Waals surface area contributed by atoms with Gasteiger partial charge in [-0.3, -0.25) is 9.69 Å². The number of aromatic carboxylic acids is 1. The molecular formula is C25H22N2O5. The quantitative estimate of drug-likeness (QED) is 0.573. The number of carboxylic acids is 1. The Morgan fingerprint density at radius 3 is 2.28 bits per heavy atom. The average molecular weight is 430 g/mol. The number of hydrogen-bond donors (Lipinski definition) is 2. The zero-order valence-electron chi connectivity index (χ0n) is 17.6. The number of anilines is 1. The van der Waals surface area contributed by atoms with Crippen LogP contribution in [0.5, 0.6) is 11.5 Å². The molecule has 32 heavy (non-hydrogen) atoms. The predicted molar refractivity (Wildman–Crippen MR) is 121 cm³/mol. The number of carbonyl (C=O) groups excluding carboxylic acids is 1. The number of amides is 1. The summed E-state index contributed by atoms with van der Waals surface area (Å²) in [6.07, 6.45) is 1.32. The standard InChI is InChI=1S/C25H22N2O5/c1-31-21-13-8-16(15-22(21)32-2)14-20-24(28)27(19-11-9-18(10-12-19)25(29)30)23(26-20)17-6-4-3-5-7-17/h3-15,23,26H,1-2H3,(H,29,30). The first-order valence-electron chi connectivity index (χ1n) is 9.94. The first-order chi connectivity index (χ1) is 15.5. The molecule has 0 bridgehead atoms. The number of carboxylic acid groups (broad SMARTS) is 1. The van der Waals surface area contributed by atoms with Gasteiger partial charge in [0, 0.05) is 5.69 Å². The molecule has 7 heteroatoms. The van der Waals surface area contributed by atoms with Gasteiger partial charge in [0.1, 0.15) is 11.9 Å². The number of methoxy groups -OCH3 is 2. The second-order valence-corrected chi connectivity index (χ2v) is 7.16. The van der Waals surface area contributed by atoms with Gasteiger partial charge in [-0.1, -0.05) is 36.4 Å². The summed E-state index contributed by atoms with van der Waals surface area (Å²) in [5.74, 6) is -0.0801. The normalized spacial score (nSPS) is 16.7. The van der Waals surface area contributed by atoms with Gasteiger partial charge in [0.2, 0.25) is 0 Å². The molecule has 0 spiro atoms. The van der Waals surface area contributed by atoms with Gasteiger partial charge in [0.15, 0.2) is 11.5 Å². The summed E-state index contributed by atoms with van der Waals surface area (Å²) >= 11 is 0. The maximum Gasteiger partial charge on any atom is 0.335 e. The van der Waals surface area contributed by atoms with E-state index >= 15 is 0 Å². The van der Waals surface area contributed by atoms with Crippen LogP contribution in [0.1, 0.15) is 27.7 Å². The summed E-state index contributed by atoms with van der Waals surface area (Å²) in [6.45, 7) is 0. The predicted octanol–water partition coefficient (Wildman–Crippen LogP) is 4.08. The van der Waals surface area contributed by atoms with Gasteiger partial charge in [-0.25, -0.2) is 4.79 Å². The Balaban J connectivity index is 1.74. The van der Waals surface area contributed by atoms with Crippen LogP contribution in [-0.4, -0.2) is 31.2 Å². The molecular weight excluding hydrogens is 408 g/mol. The van der Waals surface area contributed by atoms with E-state index in [0.29, 0.717) is 22.9 Å². The van der Waals surface area contributed by atoms with Crippen LogP contribution in [0.2, 0.25) is 0 Å². The fourth-order valence-corrected chi connectivity index (χ4v) is 3.63. The Morgan fingerprint density at radius 2 is 1.66 bits per heavy atom. The zero-order chi connectivity index (χ0) is 22.7. The molecule has 0 aliphatic carbocycles. The van der Waals surface area contributed by atoms with Crippen LogP contribution >= 0.6 is 0 Å². The Morgan fingerprint density at radius 1 is 0.969 bits per heavy atom. The van der Waals surface area contributed by atoms with Crippen molar-refractivity contribution >= 4 is 23.6 Å². The number of ether oxygens (including phenoxy) is 2. The monoisotopic (exact) mass is 430 g/mol. The molecule has 1 fully saturated rings. The molecule has 2 N–H and O–H groups in total. The molecule has 1 saturated heterocycles. The molecule has 0 aromatic heterocycles. The topological polar surface area (TPSA) is 88.1 Å². The molecule has 1 amide bonds. The Bertz CT molecular complexity index is 1170. The number of hydrogen-bond acceptors (Lipinski definition) is 5. The summed E-state index contributed by atoms with van der Waals surface area (Å²) in [5.41, 5.74) is 2.84. The largest absolute Gasteiger partial charge is 0.493 e. The van der Waals surface area contributed by atoms with Crippen LogP contribution in [-0.2, 0) is 4.79 Å². The summed E-state index contributed by atoms with van der Waals surface area (Å²) < 4.78 is 10.6. The van der Waals surface area contributed by atoms with Crippen LogP contribution in [0.3, 0.4) is 0 Å². The fraction of sp³-hybridized carbons (Fsp3) is 0.120. The third-order valence-electron chi connectivity index (χ3n) is 5.23. The van der Waals surface area contributed by atoms with Crippen LogP contribution in [0, 0.1) is 0 Å². The minimum atomic E-state index is -1.02. The summed E-state index contributed by atoms with van der Waals surface area (Å²) in [4.78, 5) is 26.2. The highest BCUT2D eigenvalue weighted by Crippen LogP contribution is 2.34. The fourth-order valence-electron chi connectivity index (χ4n) is 3.63. The van der Waals surface area contributed by atoms with Crippen molar-refractivity contribution in [1.29, 1.82) is 0 Å². The molecule has 0 radical (unpaired) electrons. The molecule has 1 aliphatic rings. The molecule has 1 unspecified atom stereocenters. The minimum absolute atomic E-state index is 0.158. The van der Waals surface area contributed by atoms with Crippen LogP contribution in [0.15, 0.2) is 78.5 Å². The first-order valence-corrected chi connectivity index (χ1v) is 9.94. The summed E-state index contributed by atoms with van der Waals surface area (Å²) in [6, 6.07) is 21.3. The molecule has 162 valence electrons. The Kier molecular flexibility index (Phi) is 5.81. The van der Waals surface area contributed by atoms with E-state index in [1.807, 2.05) is 36.4 Å². The molecule has 0 saturated carbocycles. The maximum atomic E-state index is 13.4. The highest BCUT2D eigenvalue weighted by molar-refractivity contribution is 6.11. The van der Waals surface area contributed by atoms with Gasteiger partial charge in [0.05, 0.1) is 19.8 Å². The SMILES string of the molecule is COc1ccc(C=C2NC(c3ccccc3)N(c3ccc(C(=O)O)cc3)C2=O)cc1OC. The van der Waals surface area contributed by atoms with Crippen molar-refractivity contribution in [3.8, 4) is 11.5 Å². The Hall–Kier alpha value is -4.26. The number of carbonyl (C=O) groups is 2. The molecule has 7 nitrogen and oxygen atoms in total. The van der Waals surface area contributed by atoms with E-state index in [1.165, 1.54) is 12.1 Å². The lowest BCUT2D eigenvalue weighted by atomic mass is 10.1. The number of benzene rings is 3. The van der Waals surface area contributed by atoms with E-state index in [9.17, 15) is 14.7 Å². The first kappa shape index (κ1) is 21.0. The van der Waals surface area contributed by atoms with Gasteiger partial charge in [0.25, 0.3) is 5.91 Å². The molecule has 4 rings (SSSR count). The second-order valence-electron chi connectivity index (χ2n) is 7.16. The van der Waals surface area contributed by atoms with Gasteiger partial charge in [-0.05, 0) is 53.6 Å². The van der Waals surface area contributed by atoms with E-state index in [4.69, 9.17) is 9.47 Å². The minimum Gasteiger partial charge on any atom is -0.493 e. The highest BCUT2D eigenvalue weighted by Gasteiger charge is 2.36. The van der Waals surface area contributed by atoms with E-state index in [2.05, 4.69) is 5.32 Å². The molecule has 1 heterocycles. The number of rotatable bonds is 6. The molecule has 3 aromatic carbocycles. The highest BCUT2D eigenvalue weighted by atomic mass is 16.5. The van der Waals surface area contributed by atoms with Crippen LogP contribution in [0.25, 0.3) is 6.08 Å². The molecule has 1 atom stereocenters. The summed E-state index contributed by atoms with van der Waals surface area (Å²) in [7, 11) is 3.12. The van der Waals surface area contributed by atoms with Crippen molar-refractivity contribution in [3.63, 3.8) is 0 Å². The second kappa shape index (κ2) is 8.85. The van der Waals surface area contributed by atoms with Crippen molar-refractivity contribution in [1.82, 2.24) is 5.32 Å². The summed E-state index contributed by atoms with van der Waals surface area (Å²) in [5, 5.41) is 12.5. The average Bonchev–Trinajstić information content (AvgIpc) is 3.15. The van der Waals surface area contributed by atoms with Crippen molar-refractivity contribution in [2.24, 2.45) is 0 Å². The lowest BCUT2D eigenvalue weighted by Crippen LogP contribution is -2.30. The van der Waals surface area contributed by atoms with E-state index in [-0.39, 0.29) is 11.5 Å². The van der Waals surface area contributed by atoms with E-state index in [0.717, 1.165) is 11.1 Å². The van der Waals surface area contributed by atoms with Crippen molar-refractivity contribution in [3.05, 3.63) is 95.2 Å². The third kappa shape index (κ3) is 4.00. The zero-order valence-corrected chi connectivity index (χ0v) is 17.6. The van der Waals surface area contributed by atoms with Crippen LogP contribution < -0.4 is 19.7 Å². The van der Waals surface area contributed by atoms with Crippen molar-refractivity contribution in [2.45, 2.75) is 6.17 Å². The van der Waals surface area contributed by atoms with Gasteiger partial charge in [-0.15, -0.1) is 0 Å². The van der Waals surface area contributed by atoms with E-state index in [1.54, 1.807) is 49.5 Å². The van der Waals surface area contributed by atoms with E-state index < -0.39 is 12.1 Å². The van der Waals surface area contributed by atoms with Crippen molar-refractivity contribution in [2.75, 3.05) is 19.1 Å². The Labute approximate surface area is 185 Å². The maximum absolute atomic E-state index is 13.4. The smallest absolute Gasteiger partial charge is 0.335 e. The number of nitrogens with one attached hydrogen (secondary N) is 1. The lowest BCUT2D eigenvalue weighted by molar-refractivity contribution is -0.114. The van der Waals surface area contributed by atoms with Crippen LogP contribution in [0.4, 0.5) is 5.69 Å². The van der Waals surface area contributed by atoms with Crippen molar-refractivity contribution < 1.29 is 24.2 Å². The molecule has 3 aromatic rings. The lowest BCUT2D eigenvalue weighted by Gasteiger charge is -2.24.